The Bertz CT molecular complexity index is 152. The van der Waals surface area contributed by atoms with Gasteiger partial charge in [0.1, 0.15) is 5.82 Å². The molecular formula is C5H6Cl2N2. The van der Waals surface area contributed by atoms with Crippen LogP contribution in [0.4, 0.5) is 0 Å². The number of aryl methyl sites for hydroxylation is 1. The zero-order valence-corrected chi connectivity index (χ0v) is 6.41. The van der Waals surface area contributed by atoms with Gasteiger partial charge in [-0.2, -0.15) is 0 Å². The normalized spacial score (nSPS) is 8.22. The molecule has 50 valence electrons. The SMILES string of the molecule is Cc1ncc(Cl)cn1.Cl. The summed E-state index contributed by atoms with van der Waals surface area (Å²) in [6.07, 6.45) is 3.15. The zero-order valence-electron chi connectivity index (χ0n) is 4.84. The van der Waals surface area contributed by atoms with Crippen LogP contribution in [0.3, 0.4) is 0 Å². The number of aromatic nitrogens is 2. The molecule has 1 rings (SSSR count). The summed E-state index contributed by atoms with van der Waals surface area (Å²) in [5.74, 6) is 0.745. The first-order valence-electron chi connectivity index (χ1n) is 2.23. The fourth-order valence-corrected chi connectivity index (χ4v) is 0.474. The third kappa shape index (κ3) is 2.63. The van der Waals surface area contributed by atoms with Gasteiger partial charge in [-0.25, -0.2) is 9.97 Å². The van der Waals surface area contributed by atoms with Crippen LogP contribution < -0.4 is 0 Å². The third-order valence-corrected chi connectivity index (χ3v) is 0.945. The quantitative estimate of drug-likeness (QED) is 0.586. The van der Waals surface area contributed by atoms with Crippen LogP contribution in [0.5, 0.6) is 0 Å². The van der Waals surface area contributed by atoms with Crippen molar-refractivity contribution in [3.05, 3.63) is 23.2 Å². The van der Waals surface area contributed by atoms with Crippen molar-refractivity contribution < 1.29 is 0 Å². The van der Waals surface area contributed by atoms with E-state index in [0.29, 0.717) is 5.02 Å². The van der Waals surface area contributed by atoms with Gasteiger partial charge in [-0.3, -0.25) is 0 Å². The van der Waals surface area contributed by atoms with E-state index in [1.54, 1.807) is 12.4 Å². The van der Waals surface area contributed by atoms with Gasteiger partial charge in [0, 0.05) is 12.4 Å². The summed E-state index contributed by atoms with van der Waals surface area (Å²) in [7, 11) is 0. The molecule has 4 heteroatoms. The summed E-state index contributed by atoms with van der Waals surface area (Å²) in [5, 5.41) is 0.579. The molecule has 0 radical (unpaired) electrons. The van der Waals surface area contributed by atoms with Crippen molar-refractivity contribution in [2.45, 2.75) is 6.92 Å². The molecule has 0 N–H and O–H groups in total. The Balaban J connectivity index is 0.000000640. The highest BCUT2D eigenvalue weighted by molar-refractivity contribution is 6.30. The monoisotopic (exact) mass is 164 g/mol. The van der Waals surface area contributed by atoms with Crippen LogP contribution in [-0.2, 0) is 0 Å². The first-order valence-corrected chi connectivity index (χ1v) is 2.61. The molecule has 0 saturated carbocycles. The van der Waals surface area contributed by atoms with Gasteiger partial charge in [0.2, 0.25) is 0 Å². The predicted molar refractivity (Wildman–Crippen MR) is 39.0 cm³/mol. The van der Waals surface area contributed by atoms with Crippen LogP contribution >= 0.6 is 24.0 Å². The van der Waals surface area contributed by atoms with Crippen molar-refractivity contribution in [1.82, 2.24) is 9.97 Å². The van der Waals surface area contributed by atoms with Crippen LogP contribution in [0.2, 0.25) is 5.02 Å². The Morgan fingerprint density at radius 1 is 1.33 bits per heavy atom. The summed E-state index contributed by atoms with van der Waals surface area (Å²) in [4.78, 5) is 7.67. The van der Waals surface area contributed by atoms with Crippen LogP contribution in [0.15, 0.2) is 12.4 Å². The second-order valence-corrected chi connectivity index (χ2v) is 1.88. The summed E-state index contributed by atoms with van der Waals surface area (Å²) < 4.78 is 0. The maximum absolute atomic E-state index is 5.49. The largest absolute Gasteiger partial charge is 0.240 e. The van der Waals surface area contributed by atoms with Crippen molar-refractivity contribution >= 4 is 24.0 Å². The van der Waals surface area contributed by atoms with Crippen molar-refractivity contribution in [2.75, 3.05) is 0 Å². The third-order valence-electron chi connectivity index (χ3n) is 0.749. The highest BCUT2D eigenvalue weighted by Crippen LogP contribution is 2.00. The Kier molecular flexibility index (Phi) is 3.50. The van der Waals surface area contributed by atoms with Gasteiger partial charge in [-0.15, -0.1) is 12.4 Å². The molecular weight excluding hydrogens is 159 g/mol. The van der Waals surface area contributed by atoms with Crippen molar-refractivity contribution in [3.8, 4) is 0 Å². The van der Waals surface area contributed by atoms with E-state index in [-0.39, 0.29) is 12.4 Å². The Morgan fingerprint density at radius 3 is 2.11 bits per heavy atom. The maximum atomic E-state index is 5.49. The number of hydrogen-bond acceptors (Lipinski definition) is 2. The number of hydrogen-bond donors (Lipinski definition) is 0. The summed E-state index contributed by atoms with van der Waals surface area (Å²) in [5.41, 5.74) is 0. The molecule has 0 spiro atoms. The Morgan fingerprint density at radius 2 is 1.78 bits per heavy atom. The van der Waals surface area contributed by atoms with E-state index in [4.69, 9.17) is 11.6 Å². The van der Waals surface area contributed by atoms with Gasteiger partial charge in [0.15, 0.2) is 0 Å². The lowest BCUT2D eigenvalue weighted by atomic mass is 10.6. The standard InChI is InChI=1S/C5H5ClN2.ClH/c1-4-7-2-5(6)3-8-4;/h2-3H,1H3;1H. The van der Waals surface area contributed by atoms with Gasteiger partial charge in [0.05, 0.1) is 5.02 Å². The van der Waals surface area contributed by atoms with Crippen molar-refractivity contribution in [2.24, 2.45) is 0 Å². The van der Waals surface area contributed by atoms with Crippen LogP contribution in [0, 0.1) is 6.92 Å². The van der Waals surface area contributed by atoms with Gasteiger partial charge in [-0.1, -0.05) is 11.6 Å². The lowest BCUT2D eigenvalue weighted by molar-refractivity contribution is 1.05. The molecule has 1 aromatic heterocycles. The van der Waals surface area contributed by atoms with E-state index >= 15 is 0 Å². The molecule has 0 atom stereocenters. The summed E-state index contributed by atoms with van der Waals surface area (Å²) in [6, 6.07) is 0. The minimum absolute atomic E-state index is 0. The fourth-order valence-electron chi connectivity index (χ4n) is 0.377. The van der Waals surface area contributed by atoms with E-state index in [1.165, 1.54) is 0 Å². The first-order chi connectivity index (χ1) is 3.79. The van der Waals surface area contributed by atoms with Crippen LogP contribution in [-0.4, -0.2) is 9.97 Å². The smallest absolute Gasteiger partial charge is 0.125 e. The predicted octanol–water partition coefficient (Wildman–Crippen LogP) is 1.86. The molecule has 0 aliphatic carbocycles. The summed E-state index contributed by atoms with van der Waals surface area (Å²) >= 11 is 5.49. The molecule has 0 fully saturated rings. The minimum atomic E-state index is 0. The number of nitrogens with zero attached hydrogens (tertiary/aromatic N) is 2. The van der Waals surface area contributed by atoms with Crippen LogP contribution in [0.1, 0.15) is 5.82 Å². The number of halogens is 2. The molecule has 9 heavy (non-hydrogen) atoms. The first kappa shape index (κ1) is 8.66. The molecule has 0 unspecified atom stereocenters. The highest BCUT2D eigenvalue weighted by Gasteiger charge is 1.84. The van der Waals surface area contributed by atoms with E-state index < -0.39 is 0 Å². The minimum Gasteiger partial charge on any atom is -0.240 e. The molecule has 0 saturated heterocycles. The summed E-state index contributed by atoms with van der Waals surface area (Å²) in [6.45, 7) is 1.82. The van der Waals surface area contributed by atoms with E-state index in [0.717, 1.165) is 5.82 Å². The molecule has 0 aromatic carbocycles. The lowest BCUT2D eigenvalue weighted by Crippen LogP contribution is -1.82. The van der Waals surface area contributed by atoms with Crippen molar-refractivity contribution in [1.29, 1.82) is 0 Å². The van der Waals surface area contributed by atoms with E-state index in [2.05, 4.69) is 9.97 Å². The fraction of sp³-hybridized carbons (Fsp3) is 0.200. The van der Waals surface area contributed by atoms with Gasteiger partial charge >= 0.3 is 0 Å². The highest BCUT2D eigenvalue weighted by atomic mass is 35.5. The average molecular weight is 165 g/mol. The Hall–Kier alpha value is -0.340. The van der Waals surface area contributed by atoms with Crippen LogP contribution in [0.25, 0.3) is 0 Å². The van der Waals surface area contributed by atoms with E-state index in [9.17, 15) is 0 Å². The van der Waals surface area contributed by atoms with Gasteiger partial charge in [0.25, 0.3) is 0 Å². The molecule has 1 heterocycles. The van der Waals surface area contributed by atoms with Gasteiger partial charge < -0.3 is 0 Å². The molecule has 2 nitrogen and oxygen atoms in total. The van der Waals surface area contributed by atoms with Gasteiger partial charge in [-0.05, 0) is 6.92 Å². The van der Waals surface area contributed by atoms with Crippen molar-refractivity contribution in [3.63, 3.8) is 0 Å². The molecule has 0 aliphatic heterocycles. The topological polar surface area (TPSA) is 25.8 Å². The average Bonchev–Trinajstić information content (AvgIpc) is 1.77. The second-order valence-electron chi connectivity index (χ2n) is 1.45. The lowest BCUT2D eigenvalue weighted by Gasteiger charge is -1.86. The molecule has 1 aromatic rings. The Labute approximate surface area is 64.7 Å². The second kappa shape index (κ2) is 3.64. The molecule has 0 aliphatic rings. The number of rotatable bonds is 0. The molecule has 0 amide bonds. The molecule has 0 bridgehead atoms. The van der Waals surface area contributed by atoms with E-state index in [1.807, 2.05) is 6.92 Å². The maximum Gasteiger partial charge on any atom is 0.125 e. The zero-order chi connectivity index (χ0) is 5.98.